The van der Waals surface area contributed by atoms with Gasteiger partial charge in [0.1, 0.15) is 11.9 Å². The predicted octanol–water partition coefficient (Wildman–Crippen LogP) is 3.55. The lowest BCUT2D eigenvalue weighted by molar-refractivity contribution is -0.141. The van der Waals surface area contributed by atoms with E-state index in [1.165, 1.54) is 0 Å². The first kappa shape index (κ1) is 18.4. The van der Waals surface area contributed by atoms with Gasteiger partial charge in [0.05, 0.1) is 7.11 Å². The molecule has 0 spiro atoms. The number of benzene rings is 1. The summed E-state index contributed by atoms with van der Waals surface area (Å²) < 4.78 is 48.9. The number of nitrogens with zero attached hydrogens (tertiary/aromatic N) is 3. The van der Waals surface area contributed by atoms with Crippen molar-refractivity contribution in [1.29, 1.82) is 0 Å². The molecular formula is C18H20F3N3O2. The summed E-state index contributed by atoms with van der Waals surface area (Å²) in [7, 11) is 1.64. The van der Waals surface area contributed by atoms with E-state index in [-0.39, 0.29) is 12.1 Å². The zero-order valence-corrected chi connectivity index (χ0v) is 14.4. The van der Waals surface area contributed by atoms with Gasteiger partial charge in [-0.1, -0.05) is 12.1 Å². The number of methoxy groups -OCH3 is 1. The van der Waals surface area contributed by atoms with Crippen LogP contribution < -0.4 is 9.47 Å². The minimum absolute atomic E-state index is 0.181. The highest BCUT2D eigenvalue weighted by molar-refractivity contribution is 5.28. The number of piperidine rings is 1. The van der Waals surface area contributed by atoms with E-state index in [0.717, 1.165) is 43.2 Å². The van der Waals surface area contributed by atoms with Crippen LogP contribution in [-0.2, 0) is 12.7 Å². The molecule has 8 heteroatoms. The molecule has 0 saturated carbocycles. The van der Waals surface area contributed by atoms with Crippen molar-refractivity contribution < 1.29 is 22.6 Å². The Morgan fingerprint density at radius 2 is 1.96 bits per heavy atom. The minimum atomic E-state index is -4.50. The van der Waals surface area contributed by atoms with Gasteiger partial charge in [-0.2, -0.15) is 18.2 Å². The zero-order valence-electron chi connectivity index (χ0n) is 14.4. The van der Waals surface area contributed by atoms with Gasteiger partial charge in [0.25, 0.3) is 0 Å². The summed E-state index contributed by atoms with van der Waals surface area (Å²) in [5.74, 6) is 0.822. The van der Waals surface area contributed by atoms with Gasteiger partial charge in [-0.05, 0) is 36.6 Å². The van der Waals surface area contributed by atoms with Crippen molar-refractivity contribution in [2.24, 2.45) is 0 Å². The van der Waals surface area contributed by atoms with Crippen molar-refractivity contribution in [3.05, 3.63) is 47.8 Å². The molecule has 1 fully saturated rings. The molecular weight excluding hydrogens is 347 g/mol. The molecule has 3 rings (SSSR count). The monoisotopic (exact) mass is 367 g/mol. The van der Waals surface area contributed by atoms with Crippen LogP contribution in [-0.4, -0.2) is 41.2 Å². The molecule has 0 radical (unpaired) electrons. The molecule has 1 aliphatic rings. The van der Waals surface area contributed by atoms with E-state index in [2.05, 4.69) is 14.9 Å². The first-order valence-corrected chi connectivity index (χ1v) is 8.36. The van der Waals surface area contributed by atoms with Crippen molar-refractivity contribution in [2.45, 2.75) is 31.7 Å². The molecule has 2 heterocycles. The van der Waals surface area contributed by atoms with Gasteiger partial charge in [0, 0.05) is 25.8 Å². The highest BCUT2D eigenvalue weighted by Gasteiger charge is 2.33. The highest BCUT2D eigenvalue weighted by Crippen LogP contribution is 2.28. The highest BCUT2D eigenvalue weighted by atomic mass is 19.4. The SMILES string of the molecule is COc1cccc(CN2CCC(Oc3nccc(C(F)(F)F)n3)CC2)c1. The molecule has 1 aromatic carbocycles. The number of likely N-dealkylation sites (tertiary alicyclic amines) is 1. The first-order valence-electron chi connectivity index (χ1n) is 8.36. The average Bonchev–Trinajstić information content (AvgIpc) is 2.63. The normalized spacial score (nSPS) is 16.5. The van der Waals surface area contributed by atoms with Crippen LogP contribution in [0.25, 0.3) is 0 Å². The summed E-state index contributed by atoms with van der Waals surface area (Å²) >= 11 is 0. The van der Waals surface area contributed by atoms with Crippen molar-refractivity contribution >= 4 is 0 Å². The van der Waals surface area contributed by atoms with E-state index in [9.17, 15) is 13.2 Å². The van der Waals surface area contributed by atoms with Gasteiger partial charge < -0.3 is 9.47 Å². The lowest BCUT2D eigenvalue weighted by Crippen LogP contribution is -2.38. The summed E-state index contributed by atoms with van der Waals surface area (Å²) in [6.45, 7) is 2.38. The topological polar surface area (TPSA) is 47.5 Å². The number of rotatable bonds is 5. The number of hydrogen-bond donors (Lipinski definition) is 0. The largest absolute Gasteiger partial charge is 0.497 e. The quantitative estimate of drug-likeness (QED) is 0.809. The van der Waals surface area contributed by atoms with E-state index in [1.54, 1.807) is 7.11 Å². The van der Waals surface area contributed by atoms with Crippen molar-refractivity contribution in [1.82, 2.24) is 14.9 Å². The third kappa shape index (κ3) is 4.85. The Balaban J connectivity index is 1.52. The fraction of sp³-hybridized carbons (Fsp3) is 0.444. The van der Waals surface area contributed by atoms with E-state index in [4.69, 9.17) is 9.47 Å². The van der Waals surface area contributed by atoms with Gasteiger partial charge in [0.2, 0.25) is 0 Å². The summed E-state index contributed by atoms with van der Waals surface area (Å²) in [5.41, 5.74) is 0.169. The van der Waals surface area contributed by atoms with Gasteiger partial charge in [-0.15, -0.1) is 0 Å². The number of alkyl halides is 3. The van der Waals surface area contributed by atoms with Crippen LogP contribution in [0.2, 0.25) is 0 Å². The average molecular weight is 367 g/mol. The van der Waals surface area contributed by atoms with E-state index < -0.39 is 11.9 Å². The molecule has 0 aliphatic carbocycles. The van der Waals surface area contributed by atoms with Gasteiger partial charge >= 0.3 is 12.2 Å². The smallest absolute Gasteiger partial charge is 0.433 e. The Labute approximate surface area is 149 Å². The third-order valence-corrected chi connectivity index (χ3v) is 4.27. The van der Waals surface area contributed by atoms with Crippen molar-refractivity contribution in [3.8, 4) is 11.8 Å². The summed E-state index contributed by atoms with van der Waals surface area (Å²) in [6.07, 6.45) is -2.18. The van der Waals surface area contributed by atoms with Crippen LogP contribution in [0.1, 0.15) is 24.1 Å². The van der Waals surface area contributed by atoms with Gasteiger partial charge in [-0.3, -0.25) is 4.90 Å². The van der Waals surface area contributed by atoms with Crippen molar-refractivity contribution in [2.75, 3.05) is 20.2 Å². The number of ether oxygens (including phenoxy) is 2. The summed E-state index contributed by atoms with van der Waals surface area (Å²) in [6, 6.07) is 8.52. The molecule has 140 valence electrons. The van der Waals surface area contributed by atoms with Gasteiger partial charge in [0.15, 0.2) is 5.69 Å². The lowest BCUT2D eigenvalue weighted by atomic mass is 10.1. The zero-order chi connectivity index (χ0) is 18.6. The Morgan fingerprint density at radius 1 is 1.19 bits per heavy atom. The second kappa shape index (κ2) is 7.90. The number of halogens is 3. The Kier molecular flexibility index (Phi) is 5.61. The molecule has 0 atom stereocenters. The molecule has 0 unspecified atom stereocenters. The third-order valence-electron chi connectivity index (χ3n) is 4.27. The molecule has 26 heavy (non-hydrogen) atoms. The Bertz CT molecular complexity index is 732. The standard InChI is InChI=1S/C18H20F3N3O2/c1-25-15-4-2-3-13(11-15)12-24-9-6-14(7-10-24)26-17-22-8-5-16(23-17)18(19,20)21/h2-5,8,11,14H,6-7,9-10,12H2,1H3. The molecule has 2 aromatic rings. The fourth-order valence-electron chi connectivity index (χ4n) is 2.92. The molecule has 0 N–H and O–H groups in total. The molecule has 1 aromatic heterocycles. The van der Waals surface area contributed by atoms with Crippen LogP contribution in [0, 0.1) is 0 Å². The maximum absolute atomic E-state index is 12.7. The summed E-state index contributed by atoms with van der Waals surface area (Å²) in [5, 5.41) is 0. The van der Waals surface area contributed by atoms with Crippen LogP contribution in [0.15, 0.2) is 36.5 Å². The fourth-order valence-corrected chi connectivity index (χ4v) is 2.92. The molecule has 0 amide bonds. The van der Waals surface area contributed by atoms with E-state index in [1.807, 2.05) is 24.3 Å². The predicted molar refractivity (Wildman–Crippen MR) is 89.0 cm³/mol. The number of hydrogen-bond acceptors (Lipinski definition) is 5. The second-order valence-corrected chi connectivity index (χ2v) is 6.17. The maximum Gasteiger partial charge on any atom is 0.433 e. The lowest BCUT2D eigenvalue weighted by Gasteiger charge is -2.31. The molecule has 5 nitrogen and oxygen atoms in total. The minimum Gasteiger partial charge on any atom is -0.497 e. The van der Waals surface area contributed by atoms with Crippen molar-refractivity contribution in [3.63, 3.8) is 0 Å². The van der Waals surface area contributed by atoms with Crippen LogP contribution >= 0.6 is 0 Å². The first-order chi connectivity index (χ1) is 12.4. The van der Waals surface area contributed by atoms with Gasteiger partial charge in [-0.25, -0.2) is 4.98 Å². The molecule has 0 bridgehead atoms. The van der Waals surface area contributed by atoms with E-state index >= 15 is 0 Å². The molecule has 1 saturated heterocycles. The van der Waals surface area contributed by atoms with E-state index in [0.29, 0.717) is 12.8 Å². The Hall–Kier alpha value is -2.35. The second-order valence-electron chi connectivity index (χ2n) is 6.17. The van der Waals surface area contributed by atoms with Crippen LogP contribution in [0.5, 0.6) is 11.8 Å². The Morgan fingerprint density at radius 3 is 2.65 bits per heavy atom. The summed E-state index contributed by atoms with van der Waals surface area (Å²) in [4.78, 5) is 9.53. The van der Waals surface area contributed by atoms with Crippen LogP contribution in [0.3, 0.4) is 0 Å². The number of aromatic nitrogens is 2. The maximum atomic E-state index is 12.7. The molecule has 1 aliphatic heterocycles. The van der Waals surface area contributed by atoms with Crippen LogP contribution in [0.4, 0.5) is 13.2 Å².